The van der Waals surface area contributed by atoms with Gasteiger partial charge in [0.1, 0.15) is 0 Å². The van der Waals surface area contributed by atoms with E-state index in [0.717, 1.165) is 25.3 Å². The maximum atomic E-state index is 9.46. The van der Waals surface area contributed by atoms with Gasteiger partial charge in [0.2, 0.25) is 0 Å². The third kappa shape index (κ3) is 2.43. The van der Waals surface area contributed by atoms with Crippen LogP contribution in [0.4, 0.5) is 0 Å². The first-order valence-corrected chi connectivity index (χ1v) is 5.97. The molecule has 2 nitrogen and oxygen atoms in total. The molecule has 1 aromatic heterocycles. The van der Waals surface area contributed by atoms with Gasteiger partial charge in [-0.3, -0.25) is 0 Å². The fraction of sp³-hybridized carbons (Fsp3) is 0.692. The van der Waals surface area contributed by atoms with Crippen LogP contribution in [0.3, 0.4) is 0 Å². The number of aliphatic hydroxyl groups is 1. The van der Waals surface area contributed by atoms with Gasteiger partial charge < -0.3 is 9.67 Å². The van der Waals surface area contributed by atoms with Gasteiger partial charge in [-0.2, -0.15) is 0 Å². The summed E-state index contributed by atoms with van der Waals surface area (Å²) < 4.78 is 2.41. The highest BCUT2D eigenvalue weighted by molar-refractivity contribution is 5.13. The van der Waals surface area contributed by atoms with Gasteiger partial charge >= 0.3 is 0 Å². The lowest BCUT2D eigenvalue weighted by molar-refractivity contribution is 0.104. The standard InChI is InChI=1S/C13H21NO/c1-10-3-4-11(2)14(10)9-12-5-7-13(15)8-6-12/h3-4,12-13,15H,5-9H2,1-2H3. The topological polar surface area (TPSA) is 25.2 Å². The van der Waals surface area contributed by atoms with Crippen molar-refractivity contribution >= 4 is 0 Å². The number of aromatic nitrogens is 1. The zero-order valence-corrected chi connectivity index (χ0v) is 9.74. The van der Waals surface area contributed by atoms with Crippen LogP contribution in [0.15, 0.2) is 12.1 Å². The summed E-state index contributed by atoms with van der Waals surface area (Å²) in [5.41, 5.74) is 2.72. The van der Waals surface area contributed by atoms with Crippen LogP contribution in [0.1, 0.15) is 37.1 Å². The Kier molecular flexibility index (Phi) is 3.15. The average molecular weight is 207 g/mol. The molecule has 15 heavy (non-hydrogen) atoms. The summed E-state index contributed by atoms with van der Waals surface area (Å²) in [5, 5.41) is 9.46. The minimum Gasteiger partial charge on any atom is -0.393 e. The second-order valence-corrected chi connectivity index (χ2v) is 4.90. The fourth-order valence-electron chi connectivity index (χ4n) is 2.57. The number of nitrogens with zero attached hydrogens (tertiary/aromatic N) is 1. The lowest BCUT2D eigenvalue weighted by Crippen LogP contribution is -2.22. The van der Waals surface area contributed by atoms with E-state index in [-0.39, 0.29) is 6.10 Å². The van der Waals surface area contributed by atoms with Crippen molar-refractivity contribution in [2.45, 2.75) is 52.2 Å². The Balaban J connectivity index is 1.97. The molecule has 1 saturated carbocycles. The summed E-state index contributed by atoms with van der Waals surface area (Å²) in [4.78, 5) is 0. The van der Waals surface area contributed by atoms with E-state index in [1.165, 1.54) is 24.2 Å². The fourth-order valence-corrected chi connectivity index (χ4v) is 2.57. The van der Waals surface area contributed by atoms with E-state index in [0.29, 0.717) is 0 Å². The highest BCUT2D eigenvalue weighted by Gasteiger charge is 2.20. The van der Waals surface area contributed by atoms with Crippen molar-refractivity contribution in [1.82, 2.24) is 4.57 Å². The molecule has 0 atom stereocenters. The number of hydrogen-bond donors (Lipinski definition) is 1. The minimum absolute atomic E-state index is 0.0342. The molecule has 0 amide bonds. The number of rotatable bonds is 2. The lowest BCUT2D eigenvalue weighted by atomic mass is 9.87. The normalized spacial score (nSPS) is 26.9. The van der Waals surface area contributed by atoms with E-state index in [1.54, 1.807) is 0 Å². The zero-order valence-electron chi connectivity index (χ0n) is 9.74. The molecule has 0 bridgehead atoms. The second-order valence-electron chi connectivity index (χ2n) is 4.90. The molecule has 1 aliphatic carbocycles. The Bertz CT molecular complexity index is 302. The van der Waals surface area contributed by atoms with Crippen LogP contribution in [-0.4, -0.2) is 15.8 Å². The van der Waals surface area contributed by atoms with Crippen LogP contribution in [0.5, 0.6) is 0 Å². The van der Waals surface area contributed by atoms with E-state index in [2.05, 4.69) is 30.5 Å². The summed E-state index contributed by atoms with van der Waals surface area (Å²) in [5.74, 6) is 0.762. The summed E-state index contributed by atoms with van der Waals surface area (Å²) in [6.45, 7) is 5.48. The molecule has 0 unspecified atom stereocenters. The largest absolute Gasteiger partial charge is 0.393 e. The Labute approximate surface area is 91.9 Å². The predicted octanol–water partition coefficient (Wildman–Crippen LogP) is 2.66. The molecule has 1 aliphatic rings. The van der Waals surface area contributed by atoms with Crippen LogP contribution in [0.2, 0.25) is 0 Å². The minimum atomic E-state index is -0.0342. The summed E-state index contributed by atoms with van der Waals surface area (Å²) in [6, 6.07) is 4.38. The molecular weight excluding hydrogens is 186 g/mol. The molecule has 1 N–H and O–H groups in total. The Hall–Kier alpha value is -0.760. The van der Waals surface area contributed by atoms with E-state index >= 15 is 0 Å². The van der Waals surface area contributed by atoms with Gasteiger partial charge in [0, 0.05) is 17.9 Å². The number of hydrogen-bond acceptors (Lipinski definition) is 1. The molecule has 0 aromatic carbocycles. The van der Waals surface area contributed by atoms with Crippen molar-refractivity contribution in [3.63, 3.8) is 0 Å². The van der Waals surface area contributed by atoms with Crippen molar-refractivity contribution in [2.24, 2.45) is 5.92 Å². The molecule has 0 spiro atoms. The maximum Gasteiger partial charge on any atom is 0.0540 e. The van der Waals surface area contributed by atoms with Crippen molar-refractivity contribution in [2.75, 3.05) is 0 Å². The Morgan fingerprint density at radius 2 is 1.67 bits per heavy atom. The summed E-state index contributed by atoms with van der Waals surface area (Å²) >= 11 is 0. The maximum absolute atomic E-state index is 9.46. The first kappa shape index (κ1) is 10.7. The van der Waals surface area contributed by atoms with Crippen molar-refractivity contribution < 1.29 is 5.11 Å². The second kappa shape index (κ2) is 4.40. The van der Waals surface area contributed by atoms with Crippen LogP contribution in [-0.2, 0) is 6.54 Å². The summed E-state index contributed by atoms with van der Waals surface area (Å²) in [6.07, 6.45) is 4.30. The van der Waals surface area contributed by atoms with Gasteiger partial charge in [-0.25, -0.2) is 0 Å². The zero-order chi connectivity index (χ0) is 10.8. The molecule has 2 heteroatoms. The van der Waals surface area contributed by atoms with E-state index < -0.39 is 0 Å². The van der Waals surface area contributed by atoms with Crippen LogP contribution in [0, 0.1) is 19.8 Å². The highest BCUT2D eigenvalue weighted by atomic mass is 16.3. The molecule has 0 saturated heterocycles. The first-order chi connectivity index (χ1) is 7.16. The quantitative estimate of drug-likeness (QED) is 0.792. The van der Waals surface area contributed by atoms with Crippen LogP contribution in [0.25, 0.3) is 0 Å². The Morgan fingerprint density at radius 3 is 2.20 bits per heavy atom. The monoisotopic (exact) mass is 207 g/mol. The molecular formula is C13H21NO. The van der Waals surface area contributed by atoms with Crippen LogP contribution < -0.4 is 0 Å². The lowest BCUT2D eigenvalue weighted by Gasteiger charge is -2.26. The van der Waals surface area contributed by atoms with Crippen molar-refractivity contribution in [3.05, 3.63) is 23.5 Å². The van der Waals surface area contributed by atoms with E-state index in [1.807, 2.05) is 0 Å². The highest BCUT2D eigenvalue weighted by Crippen LogP contribution is 2.26. The van der Waals surface area contributed by atoms with Gasteiger partial charge in [-0.1, -0.05) is 0 Å². The van der Waals surface area contributed by atoms with Crippen molar-refractivity contribution in [1.29, 1.82) is 0 Å². The third-order valence-electron chi connectivity index (χ3n) is 3.67. The predicted molar refractivity (Wildman–Crippen MR) is 61.9 cm³/mol. The van der Waals surface area contributed by atoms with Crippen LogP contribution >= 0.6 is 0 Å². The van der Waals surface area contributed by atoms with Gasteiger partial charge in [-0.15, -0.1) is 0 Å². The van der Waals surface area contributed by atoms with Gasteiger partial charge in [-0.05, 0) is 57.6 Å². The first-order valence-electron chi connectivity index (χ1n) is 5.97. The molecule has 1 aromatic rings. The molecule has 0 radical (unpaired) electrons. The number of aryl methyl sites for hydroxylation is 2. The molecule has 1 heterocycles. The molecule has 1 fully saturated rings. The third-order valence-corrected chi connectivity index (χ3v) is 3.67. The molecule has 0 aliphatic heterocycles. The van der Waals surface area contributed by atoms with Gasteiger partial charge in [0.25, 0.3) is 0 Å². The SMILES string of the molecule is Cc1ccc(C)n1CC1CCC(O)CC1. The van der Waals surface area contributed by atoms with Gasteiger partial charge in [0.15, 0.2) is 0 Å². The molecule has 84 valence electrons. The summed E-state index contributed by atoms with van der Waals surface area (Å²) in [7, 11) is 0. The molecule has 2 rings (SSSR count). The average Bonchev–Trinajstić information content (AvgIpc) is 2.53. The van der Waals surface area contributed by atoms with Gasteiger partial charge in [0.05, 0.1) is 6.10 Å². The smallest absolute Gasteiger partial charge is 0.0540 e. The van der Waals surface area contributed by atoms with E-state index in [9.17, 15) is 5.11 Å². The Morgan fingerprint density at radius 1 is 1.13 bits per heavy atom. The van der Waals surface area contributed by atoms with E-state index in [4.69, 9.17) is 0 Å². The van der Waals surface area contributed by atoms with Crippen molar-refractivity contribution in [3.8, 4) is 0 Å². The number of aliphatic hydroxyl groups excluding tert-OH is 1.